The Kier molecular flexibility index (Phi) is 5.09. The molecule has 1 saturated heterocycles. The van der Waals surface area contributed by atoms with Gasteiger partial charge in [0.2, 0.25) is 11.8 Å². The molecule has 0 spiro atoms. The SMILES string of the molecule is CCOc1ccc(C(=O)N2CCC(Oc3cc(C#N)ccn3)C2)cn1. The number of carbonyl (C=O) groups excluding carboxylic acids is 1. The zero-order chi connectivity index (χ0) is 17.6. The second-order valence-electron chi connectivity index (χ2n) is 5.59. The van der Waals surface area contributed by atoms with Crippen molar-refractivity contribution in [2.24, 2.45) is 0 Å². The molecule has 2 aromatic heterocycles. The van der Waals surface area contributed by atoms with E-state index in [9.17, 15) is 4.79 Å². The van der Waals surface area contributed by atoms with Gasteiger partial charge in [0.25, 0.3) is 5.91 Å². The Labute approximate surface area is 145 Å². The van der Waals surface area contributed by atoms with Crippen molar-refractivity contribution >= 4 is 5.91 Å². The van der Waals surface area contributed by atoms with Crippen LogP contribution >= 0.6 is 0 Å². The molecular formula is C18H18N4O3. The first kappa shape index (κ1) is 16.7. The summed E-state index contributed by atoms with van der Waals surface area (Å²) in [5.41, 5.74) is 1.02. The quantitative estimate of drug-likeness (QED) is 0.829. The molecule has 128 valence electrons. The monoisotopic (exact) mass is 338 g/mol. The zero-order valence-corrected chi connectivity index (χ0v) is 13.9. The molecule has 25 heavy (non-hydrogen) atoms. The molecule has 0 N–H and O–H groups in total. The van der Waals surface area contributed by atoms with E-state index in [1.807, 2.05) is 6.92 Å². The highest BCUT2D eigenvalue weighted by atomic mass is 16.5. The van der Waals surface area contributed by atoms with Crippen LogP contribution < -0.4 is 9.47 Å². The van der Waals surface area contributed by atoms with Gasteiger partial charge < -0.3 is 14.4 Å². The van der Waals surface area contributed by atoms with Crippen LogP contribution in [0.1, 0.15) is 29.3 Å². The second kappa shape index (κ2) is 7.62. The van der Waals surface area contributed by atoms with E-state index in [2.05, 4.69) is 16.0 Å². The van der Waals surface area contributed by atoms with Gasteiger partial charge >= 0.3 is 0 Å². The van der Waals surface area contributed by atoms with Crippen molar-refractivity contribution < 1.29 is 14.3 Å². The lowest BCUT2D eigenvalue weighted by atomic mass is 10.2. The predicted molar refractivity (Wildman–Crippen MR) is 89.3 cm³/mol. The number of rotatable bonds is 5. The van der Waals surface area contributed by atoms with E-state index in [0.29, 0.717) is 49.0 Å². The average molecular weight is 338 g/mol. The Balaban J connectivity index is 1.60. The van der Waals surface area contributed by atoms with Crippen LogP contribution in [0.5, 0.6) is 11.8 Å². The number of nitrogens with zero attached hydrogens (tertiary/aromatic N) is 4. The van der Waals surface area contributed by atoms with E-state index < -0.39 is 0 Å². The first-order valence-electron chi connectivity index (χ1n) is 8.10. The average Bonchev–Trinajstić information content (AvgIpc) is 3.10. The standard InChI is InChI=1S/C18H18N4O3/c1-2-24-16-4-3-14(11-21-16)18(23)22-8-6-15(12-22)25-17-9-13(10-19)5-7-20-17/h3-5,7,9,11,15H,2,6,8,12H2,1H3. The normalized spacial score (nSPS) is 16.3. The van der Waals surface area contributed by atoms with E-state index in [0.717, 1.165) is 0 Å². The van der Waals surface area contributed by atoms with Gasteiger partial charge in [-0.15, -0.1) is 0 Å². The summed E-state index contributed by atoms with van der Waals surface area (Å²) in [6.07, 6.45) is 3.65. The van der Waals surface area contributed by atoms with E-state index in [4.69, 9.17) is 14.7 Å². The minimum absolute atomic E-state index is 0.0830. The Morgan fingerprint density at radius 3 is 2.96 bits per heavy atom. The number of nitriles is 1. The predicted octanol–water partition coefficient (Wildman–Crippen LogP) is 2.04. The van der Waals surface area contributed by atoms with Crippen molar-refractivity contribution in [1.82, 2.24) is 14.9 Å². The molecule has 0 aliphatic carbocycles. The van der Waals surface area contributed by atoms with Gasteiger partial charge in [0.05, 0.1) is 30.3 Å². The van der Waals surface area contributed by atoms with Gasteiger partial charge in [-0.05, 0) is 19.1 Å². The van der Waals surface area contributed by atoms with E-state index in [-0.39, 0.29) is 12.0 Å². The third-order valence-electron chi connectivity index (χ3n) is 3.86. The molecule has 2 aromatic rings. The summed E-state index contributed by atoms with van der Waals surface area (Å²) in [6, 6.07) is 8.68. The first-order chi connectivity index (χ1) is 12.2. The van der Waals surface area contributed by atoms with Gasteiger partial charge in [-0.25, -0.2) is 9.97 Å². The van der Waals surface area contributed by atoms with Crippen molar-refractivity contribution in [2.75, 3.05) is 19.7 Å². The molecule has 1 unspecified atom stereocenters. The minimum atomic E-state index is -0.138. The number of amides is 1. The van der Waals surface area contributed by atoms with Gasteiger partial charge in [0.1, 0.15) is 6.10 Å². The fourth-order valence-electron chi connectivity index (χ4n) is 2.65. The summed E-state index contributed by atoms with van der Waals surface area (Å²) in [5, 5.41) is 8.92. The number of aromatic nitrogens is 2. The number of likely N-dealkylation sites (tertiary alicyclic amines) is 1. The van der Waals surface area contributed by atoms with Crippen LogP contribution in [0.4, 0.5) is 0 Å². The van der Waals surface area contributed by atoms with Crippen molar-refractivity contribution in [3.63, 3.8) is 0 Å². The van der Waals surface area contributed by atoms with Crippen molar-refractivity contribution in [2.45, 2.75) is 19.4 Å². The van der Waals surface area contributed by atoms with Crippen LogP contribution in [0.3, 0.4) is 0 Å². The molecule has 7 heteroatoms. The minimum Gasteiger partial charge on any atom is -0.478 e. The number of carbonyl (C=O) groups is 1. The molecular weight excluding hydrogens is 320 g/mol. The summed E-state index contributed by atoms with van der Waals surface area (Å²) in [7, 11) is 0. The number of hydrogen-bond donors (Lipinski definition) is 0. The Morgan fingerprint density at radius 1 is 1.36 bits per heavy atom. The number of hydrogen-bond acceptors (Lipinski definition) is 6. The van der Waals surface area contributed by atoms with E-state index in [1.165, 1.54) is 12.4 Å². The van der Waals surface area contributed by atoms with Gasteiger partial charge in [0, 0.05) is 37.5 Å². The maximum absolute atomic E-state index is 12.5. The molecule has 1 fully saturated rings. The molecule has 1 amide bonds. The topological polar surface area (TPSA) is 88.3 Å². The molecule has 0 saturated carbocycles. The molecule has 3 rings (SSSR count). The highest BCUT2D eigenvalue weighted by Gasteiger charge is 2.28. The van der Waals surface area contributed by atoms with Crippen molar-refractivity contribution in [1.29, 1.82) is 5.26 Å². The first-order valence-corrected chi connectivity index (χ1v) is 8.10. The Hall–Kier alpha value is -3.14. The van der Waals surface area contributed by atoms with Crippen LogP contribution in [-0.2, 0) is 0 Å². The molecule has 1 atom stereocenters. The summed E-state index contributed by atoms with van der Waals surface area (Å²) in [4.78, 5) is 22.5. The zero-order valence-electron chi connectivity index (χ0n) is 13.9. The van der Waals surface area contributed by atoms with E-state index >= 15 is 0 Å². The lowest BCUT2D eigenvalue weighted by Gasteiger charge is -2.17. The third kappa shape index (κ3) is 4.04. The largest absolute Gasteiger partial charge is 0.478 e. The molecule has 0 aromatic carbocycles. The van der Waals surface area contributed by atoms with E-state index in [1.54, 1.807) is 29.2 Å². The fraction of sp³-hybridized carbons (Fsp3) is 0.333. The summed E-state index contributed by atoms with van der Waals surface area (Å²) in [5.74, 6) is 0.826. The van der Waals surface area contributed by atoms with Gasteiger partial charge in [0.15, 0.2) is 0 Å². The van der Waals surface area contributed by atoms with Gasteiger partial charge in [-0.1, -0.05) is 0 Å². The van der Waals surface area contributed by atoms with Crippen LogP contribution in [0.2, 0.25) is 0 Å². The number of pyridine rings is 2. The molecule has 1 aliphatic heterocycles. The smallest absolute Gasteiger partial charge is 0.255 e. The van der Waals surface area contributed by atoms with Gasteiger partial charge in [-0.2, -0.15) is 5.26 Å². The van der Waals surface area contributed by atoms with Crippen LogP contribution in [0.15, 0.2) is 36.7 Å². The molecule has 7 nitrogen and oxygen atoms in total. The number of ether oxygens (including phenoxy) is 2. The Morgan fingerprint density at radius 2 is 2.24 bits per heavy atom. The van der Waals surface area contributed by atoms with Crippen LogP contribution in [0.25, 0.3) is 0 Å². The second-order valence-corrected chi connectivity index (χ2v) is 5.59. The van der Waals surface area contributed by atoms with Crippen molar-refractivity contribution in [3.05, 3.63) is 47.8 Å². The highest BCUT2D eigenvalue weighted by molar-refractivity contribution is 5.94. The molecule has 3 heterocycles. The lowest BCUT2D eigenvalue weighted by molar-refractivity contribution is 0.0770. The highest BCUT2D eigenvalue weighted by Crippen LogP contribution is 2.19. The van der Waals surface area contributed by atoms with Gasteiger partial charge in [-0.3, -0.25) is 4.79 Å². The summed E-state index contributed by atoms with van der Waals surface area (Å²) < 4.78 is 11.1. The van der Waals surface area contributed by atoms with Crippen LogP contribution in [-0.4, -0.2) is 46.6 Å². The molecule has 1 aliphatic rings. The summed E-state index contributed by atoms with van der Waals surface area (Å²) in [6.45, 7) is 3.50. The maximum Gasteiger partial charge on any atom is 0.255 e. The third-order valence-corrected chi connectivity index (χ3v) is 3.86. The maximum atomic E-state index is 12.5. The summed E-state index contributed by atoms with van der Waals surface area (Å²) >= 11 is 0. The fourth-order valence-corrected chi connectivity index (χ4v) is 2.65. The Bertz CT molecular complexity index is 786. The molecule has 0 bridgehead atoms. The molecule has 0 radical (unpaired) electrons. The lowest BCUT2D eigenvalue weighted by Crippen LogP contribution is -2.31. The van der Waals surface area contributed by atoms with Crippen molar-refractivity contribution in [3.8, 4) is 17.8 Å². The van der Waals surface area contributed by atoms with Crippen LogP contribution in [0, 0.1) is 11.3 Å².